The van der Waals surface area contributed by atoms with E-state index >= 15 is 0 Å². The highest BCUT2D eigenvalue weighted by Crippen LogP contribution is 2.24. The molecular weight excluding hydrogens is 361 g/mol. The maximum atomic E-state index is 12.3. The van der Waals surface area contributed by atoms with Gasteiger partial charge in [-0.3, -0.25) is 4.79 Å². The molecule has 1 amide bonds. The van der Waals surface area contributed by atoms with Gasteiger partial charge in [0.1, 0.15) is 0 Å². The smallest absolute Gasteiger partial charge is 0.253 e. The lowest BCUT2D eigenvalue weighted by molar-refractivity contribution is 0.0689. The Labute approximate surface area is 127 Å². The first-order valence-electron chi connectivity index (χ1n) is 6.36. The minimum absolute atomic E-state index is 0.114. The molecule has 0 N–H and O–H groups in total. The molecule has 0 saturated carbocycles. The van der Waals surface area contributed by atoms with E-state index in [0.717, 1.165) is 35.4 Å². The Morgan fingerprint density at radius 2 is 2.11 bits per heavy atom. The summed E-state index contributed by atoms with van der Waals surface area (Å²) in [6.07, 6.45) is 3.47. The molecule has 1 aliphatic rings. The van der Waals surface area contributed by atoms with Gasteiger partial charge in [-0.25, -0.2) is 0 Å². The van der Waals surface area contributed by atoms with Crippen molar-refractivity contribution in [2.75, 3.05) is 13.1 Å². The van der Waals surface area contributed by atoms with Gasteiger partial charge in [0.15, 0.2) is 0 Å². The largest absolute Gasteiger partial charge is 0.339 e. The van der Waals surface area contributed by atoms with E-state index in [1.54, 1.807) is 6.07 Å². The molecule has 98 valence electrons. The highest BCUT2D eigenvalue weighted by Gasteiger charge is 2.22. The van der Waals surface area contributed by atoms with Crippen molar-refractivity contribution < 1.29 is 4.79 Å². The van der Waals surface area contributed by atoms with Crippen molar-refractivity contribution in [3.05, 3.63) is 32.4 Å². The number of carbonyl (C=O) groups is 1. The van der Waals surface area contributed by atoms with Crippen LogP contribution in [0, 0.1) is 9.49 Å². The molecule has 1 aliphatic heterocycles. The van der Waals surface area contributed by atoms with Gasteiger partial charge in [-0.1, -0.05) is 24.9 Å². The van der Waals surface area contributed by atoms with Crippen LogP contribution in [-0.4, -0.2) is 23.9 Å². The lowest BCUT2D eigenvalue weighted by Gasteiger charge is -2.31. The van der Waals surface area contributed by atoms with Crippen LogP contribution >= 0.6 is 34.2 Å². The third kappa shape index (κ3) is 3.18. The Morgan fingerprint density at radius 1 is 1.44 bits per heavy atom. The third-order valence-corrected chi connectivity index (χ3v) is 5.22. The van der Waals surface area contributed by atoms with Crippen molar-refractivity contribution in [3.63, 3.8) is 0 Å². The summed E-state index contributed by atoms with van der Waals surface area (Å²) in [5.41, 5.74) is 0.704. The summed E-state index contributed by atoms with van der Waals surface area (Å²) in [5, 5.41) is 0.657. The summed E-state index contributed by atoms with van der Waals surface area (Å²) in [5.74, 6) is 0.900. The second-order valence-corrected chi connectivity index (χ2v) is 6.34. The van der Waals surface area contributed by atoms with Gasteiger partial charge in [0.05, 0.1) is 5.02 Å². The number of nitrogens with zero attached hydrogens (tertiary/aromatic N) is 1. The number of hydrogen-bond donors (Lipinski definition) is 0. The van der Waals surface area contributed by atoms with E-state index in [1.165, 1.54) is 6.42 Å². The second-order valence-electron chi connectivity index (χ2n) is 4.77. The topological polar surface area (TPSA) is 20.3 Å². The van der Waals surface area contributed by atoms with E-state index in [4.69, 9.17) is 11.6 Å². The van der Waals surface area contributed by atoms with Crippen LogP contribution in [0.15, 0.2) is 18.2 Å². The highest BCUT2D eigenvalue weighted by molar-refractivity contribution is 14.1. The van der Waals surface area contributed by atoms with Gasteiger partial charge in [0.25, 0.3) is 5.91 Å². The van der Waals surface area contributed by atoms with Crippen molar-refractivity contribution in [2.24, 2.45) is 5.92 Å². The van der Waals surface area contributed by atoms with E-state index in [1.807, 2.05) is 17.0 Å². The summed E-state index contributed by atoms with van der Waals surface area (Å²) >= 11 is 8.23. The zero-order valence-electron chi connectivity index (χ0n) is 10.5. The summed E-state index contributed by atoms with van der Waals surface area (Å²) in [4.78, 5) is 14.3. The number of benzene rings is 1. The SMILES string of the molecule is CCC1CCN(C(=O)c2ccc(I)c(Cl)c2)CC1. The quantitative estimate of drug-likeness (QED) is 0.707. The van der Waals surface area contributed by atoms with Gasteiger partial charge in [-0.15, -0.1) is 0 Å². The Morgan fingerprint density at radius 3 is 2.67 bits per heavy atom. The van der Waals surface area contributed by atoms with Crippen molar-refractivity contribution in [3.8, 4) is 0 Å². The molecule has 0 bridgehead atoms. The molecule has 18 heavy (non-hydrogen) atoms. The van der Waals surface area contributed by atoms with Gasteiger partial charge in [-0.2, -0.15) is 0 Å². The molecular formula is C14H17ClINO. The third-order valence-electron chi connectivity index (χ3n) is 3.65. The fraction of sp³-hybridized carbons (Fsp3) is 0.500. The van der Waals surface area contributed by atoms with E-state index in [-0.39, 0.29) is 5.91 Å². The molecule has 1 aromatic rings. The minimum atomic E-state index is 0.114. The summed E-state index contributed by atoms with van der Waals surface area (Å²) in [7, 11) is 0. The molecule has 4 heteroatoms. The summed E-state index contributed by atoms with van der Waals surface area (Å²) in [6, 6.07) is 5.54. The average molecular weight is 378 g/mol. The molecule has 2 nitrogen and oxygen atoms in total. The first-order valence-corrected chi connectivity index (χ1v) is 7.81. The van der Waals surface area contributed by atoms with Crippen LogP contribution in [0.5, 0.6) is 0 Å². The zero-order valence-corrected chi connectivity index (χ0v) is 13.4. The predicted octanol–water partition coefficient (Wildman–Crippen LogP) is 4.21. The molecule has 0 spiro atoms. The van der Waals surface area contributed by atoms with Gasteiger partial charge in [-0.05, 0) is 59.5 Å². The van der Waals surface area contributed by atoms with Crippen molar-refractivity contribution in [2.45, 2.75) is 26.2 Å². The summed E-state index contributed by atoms with van der Waals surface area (Å²) in [6.45, 7) is 3.98. The molecule has 1 saturated heterocycles. The number of amides is 1. The van der Waals surface area contributed by atoms with Crippen LogP contribution in [0.1, 0.15) is 36.5 Å². The number of carbonyl (C=O) groups excluding carboxylic acids is 1. The monoisotopic (exact) mass is 377 g/mol. The van der Waals surface area contributed by atoms with E-state index in [0.29, 0.717) is 10.6 Å². The Balaban J connectivity index is 2.05. The highest BCUT2D eigenvalue weighted by atomic mass is 127. The molecule has 1 aromatic carbocycles. The van der Waals surface area contributed by atoms with Crippen molar-refractivity contribution >= 4 is 40.1 Å². The fourth-order valence-corrected chi connectivity index (χ4v) is 2.87. The molecule has 0 unspecified atom stereocenters. The number of hydrogen-bond acceptors (Lipinski definition) is 1. The summed E-state index contributed by atoms with van der Waals surface area (Å²) < 4.78 is 0.982. The van der Waals surface area contributed by atoms with E-state index < -0.39 is 0 Å². The molecule has 1 heterocycles. The fourth-order valence-electron chi connectivity index (χ4n) is 2.36. The molecule has 0 aliphatic carbocycles. The number of halogens is 2. The van der Waals surface area contributed by atoms with Gasteiger partial charge >= 0.3 is 0 Å². The van der Waals surface area contributed by atoms with E-state index in [2.05, 4.69) is 29.5 Å². The van der Waals surface area contributed by atoms with Crippen LogP contribution in [0.3, 0.4) is 0 Å². The van der Waals surface area contributed by atoms with Crippen LogP contribution < -0.4 is 0 Å². The van der Waals surface area contributed by atoms with Crippen molar-refractivity contribution in [1.82, 2.24) is 4.90 Å². The van der Waals surface area contributed by atoms with Crippen LogP contribution in [0.2, 0.25) is 5.02 Å². The second kappa shape index (κ2) is 6.24. The number of piperidine rings is 1. The first kappa shape index (κ1) is 14.1. The van der Waals surface area contributed by atoms with E-state index in [9.17, 15) is 4.79 Å². The maximum Gasteiger partial charge on any atom is 0.253 e. The van der Waals surface area contributed by atoms with Gasteiger partial charge in [0.2, 0.25) is 0 Å². The lowest BCUT2D eigenvalue weighted by Crippen LogP contribution is -2.38. The van der Waals surface area contributed by atoms with Crippen molar-refractivity contribution in [1.29, 1.82) is 0 Å². The molecule has 0 atom stereocenters. The number of rotatable bonds is 2. The molecule has 2 rings (SSSR count). The van der Waals surface area contributed by atoms with Crippen LogP contribution in [-0.2, 0) is 0 Å². The van der Waals surface area contributed by atoms with Crippen LogP contribution in [0.4, 0.5) is 0 Å². The van der Waals surface area contributed by atoms with Crippen LogP contribution in [0.25, 0.3) is 0 Å². The maximum absolute atomic E-state index is 12.3. The van der Waals surface area contributed by atoms with Gasteiger partial charge in [0, 0.05) is 22.2 Å². The number of likely N-dealkylation sites (tertiary alicyclic amines) is 1. The zero-order chi connectivity index (χ0) is 13.1. The predicted molar refractivity (Wildman–Crippen MR) is 83.1 cm³/mol. The molecule has 0 aromatic heterocycles. The Kier molecular flexibility index (Phi) is 4.90. The standard InChI is InChI=1S/C14H17ClINO/c1-2-10-5-7-17(8-6-10)14(18)11-3-4-13(16)12(15)9-11/h3-4,9-10H,2,5-8H2,1H3. The Hall–Kier alpha value is -0.290. The average Bonchev–Trinajstić information content (AvgIpc) is 2.41. The normalized spacial score (nSPS) is 16.9. The lowest BCUT2D eigenvalue weighted by atomic mass is 9.94. The minimum Gasteiger partial charge on any atom is -0.339 e. The molecule has 1 fully saturated rings. The first-order chi connectivity index (χ1) is 8.61. The molecule has 0 radical (unpaired) electrons. The van der Waals surface area contributed by atoms with Gasteiger partial charge < -0.3 is 4.90 Å². The Bertz CT molecular complexity index is 441.